The molecule has 0 saturated heterocycles. The largest absolute Gasteiger partial charge is 0.417 e. The van der Waals surface area contributed by atoms with Crippen molar-refractivity contribution in [3.63, 3.8) is 0 Å². The summed E-state index contributed by atoms with van der Waals surface area (Å²) in [5.41, 5.74) is 1.59. The molecule has 0 bridgehead atoms. The number of hydrogen-bond donors (Lipinski definition) is 1. The molecule has 2 rings (SSSR count). The van der Waals surface area contributed by atoms with E-state index >= 15 is 0 Å². The van der Waals surface area contributed by atoms with Crippen molar-refractivity contribution < 1.29 is 21.6 Å². The molecule has 27 heavy (non-hydrogen) atoms. The minimum atomic E-state index is -4.48. The summed E-state index contributed by atoms with van der Waals surface area (Å²) in [5, 5.41) is 3.75. The van der Waals surface area contributed by atoms with Crippen molar-refractivity contribution in [1.29, 1.82) is 0 Å². The minimum absolute atomic E-state index is 0.0307. The molecule has 0 unspecified atom stereocenters. The topological polar surface area (TPSA) is 74.7 Å². The number of benzene rings is 1. The number of hydrazone groups is 1. The van der Waals surface area contributed by atoms with E-state index < -0.39 is 21.8 Å². The quantitative estimate of drug-likeness (QED) is 0.570. The highest BCUT2D eigenvalue weighted by atomic mass is 32.2. The van der Waals surface area contributed by atoms with Crippen LogP contribution < -0.4 is 5.43 Å². The first-order valence-electron chi connectivity index (χ1n) is 8.11. The number of halogens is 3. The van der Waals surface area contributed by atoms with Crippen LogP contribution in [-0.2, 0) is 16.2 Å². The Morgan fingerprint density at radius 2 is 1.81 bits per heavy atom. The van der Waals surface area contributed by atoms with Crippen molar-refractivity contribution in [3.05, 3.63) is 53.7 Å². The molecular weight excluding hydrogens is 381 g/mol. The molecule has 0 aliphatic carbocycles. The van der Waals surface area contributed by atoms with E-state index in [-0.39, 0.29) is 16.3 Å². The monoisotopic (exact) mass is 400 g/mol. The number of nitrogens with one attached hydrogen (secondary N) is 1. The first-order chi connectivity index (χ1) is 12.7. The van der Waals surface area contributed by atoms with Crippen LogP contribution in [0.1, 0.15) is 25.0 Å². The van der Waals surface area contributed by atoms with Gasteiger partial charge in [0.15, 0.2) is 0 Å². The van der Waals surface area contributed by atoms with Gasteiger partial charge >= 0.3 is 6.18 Å². The number of anilines is 1. The van der Waals surface area contributed by atoms with E-state index in [1.807, 2.05) is 0 Å². The number of nitrogens with zero attached hydrogens (tertiary/aromatic N) is 3. The van der Waals surface area contributed by atoms with Crippen LogP contribution in [-0.4, -0.2) is 37.0 Å². The van der Waals surface area contributed by atoms with Gasteiger partial charge in [-0.1, -0.05) is 32.0 Å². The molecule has 0 aliphatic rings. The standard InChI is InChI=1S/C17H19F3N4O2S/c1-3-24(4-2)27(25,26)14-9-10-16(21-12-14)23-22-11-13-7-5-6-8-15(13)17(18,19)20/h5-12H,3-4H2,1-2H3,(H,21,23)/b22-11-. The predicted molar refractivity (Wildman–Crippen MR) is 97.0 cm³/mol. The van der Waals surface area contributed by atoms with Crippen LogP contribution in [0.2, 0.25) is 0 Å². The van der Waals surface area contributed by atoms with Crippen LogP contribution in [0.3, 0.4) is 0 Å². The Kier molecular flexibility index (Phi) is 6.55. The van der Waals surface area contributed by atoms with E-state index in [4.69, 9.17) is 0 Å². The van der Waals surface area contributed by atoms with Gasteiger partial charge in [0.1, 0.15) is 10.7 Å². The molecule has 0 amide bonds. The third-order valence-electron chi connectivity index (χ3n) is 3.73. The van der Waals surface area contributed by atoms with Gasteiger partial charge in [-0.2, -0.15) is 22.6 Å². The van der Waals surface area contributed by atoms with E-state index in [0.717, 1.165) is 12.3 Å². The number of rotatable bonds is 7. The minimum Gasteiger partial charge on any atom is -0.261 e. The molecule has 0 aliphatic heterocycles. The Balaban J connectivity index is 2.14. The van der Waals surface area contributed by atoms with Crippen molar-refractivity contribution in [3.8, 4) is 0 Å². The van der Waals surface area contributed by atoms with Gasteiger partial charge in [0.25, 0.3) is 0 Å². The van der Waals surface area contributed by atoms with Gasteiger partial charge in [-0.3, -0.25) is 5.43 Å². The number of aromatic nitrogens is 1. The highest BCUT2D eigenvalue weighted by Gasteiger charge is 2.32. The molecule has 0 saturated carbocycles. The lowest BCUT2D eigenvalue weighted by atomic mass is 10.1. The SMILES string of the molecule is CCN(CC)S(=O)(=O)c1ccc(N/N=C\c2ccccc2C(F)(F)F)nc1. The van der Waals surface area contributed by atoms with Gasteiger partial charge in [0.2, 0.25) is 10.0 Å². The van der Waals surface area contributed by atoms with Crippen molar-refractivity contribution >= 4 is 22.1 Å². The molecule has 1 aromatic heterocycles. The molecule has 0 fully saturated rings. The second-order valence-corrected chi connectivity index (χ2v) is 7.36. The van der Waals surface area contributed by atoms with Crippen molar-refractivity contribution in [2.24, 2.45) is 5.10 Å². The zero-order chi connectivity index (χ0) is 20.1. The Morgan fingerprint density at radius 1 is 1.15 bits per heavy atom. The van der Waals surface area contributed by atoms with Gasteiger partial charge in [-0.25, -0.2) is 13.4 Å². The normalized spacial score (nSPS) is 12.7. The van der Waals surface area contributed by atoms with Gasteiger partial charge in [-0.15, -0.1) is 0 Å². The summed E-state index contributed by atoms with van der Waals surface area (Å²) in [6.45, 7) is 4.14. The van der Waals surface area contributed by atoms with Crippen LogP contribution in [0.25, 0.3) is 0 Å². The summed E-state index contributed by atoms with van der Waals surface area (Å²) < 4.78 is 64.8. The van der Waals surface area contributed by atoms with Crippen molar-refractivity contribution in [2.45, 2.75) is 24.9 Å². The van der Waals surface area contributed by atoms with E-state index in [0.29, 0.717) is 13.1 Å². The van der Waals surface area contributed by atoms with Crippen LogP contribution in [0.5, 0.6) is 0 Å². The summed E-state index contributed by atoms with van der Waals surface area (Å²) >= 11 is 0. The summed E-state index contributed by atoms with van der Waals surface area (Å²) in [7, 11) is -3.62. The molecule has 1 N–H and O–H groups in total. The van der Waals surface area contributed by atoms with Crippen LogP contribution in [0, 0.1) is 0 Å². The fourth-order valence-electron chi connectivity index (χ4n) is 2.35. The molecule has 0 radical (unpaired) electrons. The molecule has 0 atom stereocenters. The third kappa shape index (κ3) is 5.04. The van der Waals surface area contributed by atoms with Gasteiger partial charge in [-0.05, 0) is 18.2 Å². The molecule has 1 heterocycles. The first-order valence-corrected chi connectivity index (χ1v) is 9.55. The Hall–Kier alpha value is -2.46. The molecule has 0 spiro atoms. The molecule has 146 valence electrons. The van der Waals surface area contributed by atoms with Crippen LogP contribution in [0.15, 0.2) is 52.6 Å². The van der Waals surface area contributed by atoms with E-state index in [2.05, 4.69) is 15.5 Å². The fraction of sp³-hybridized carbons (Fsp3) is 0.294. The lowest BCUT2D eigenvalue weighted by Gasteiger charge is -2.18. The van der Waals surface area contributed by atoms with E-state index in [9.17, 15) is 21.6 Å². The summed E-state index contributed by atoms with van der Waals surface area (Å²) in [6, 6.07) is 7.78. The lowest BCUT2D eigenvalue weighted by Crippen LogP contribution is -2.30. The Bertz CT molecular complexity index is 893. The van der Waals surface area contributed by atoms with Gasteiger partial charge < -0.3 is 0 Å². The van der Waals surface area contributed by atoms with Crippen molar-refractivity contribution in [1.82, 2.24) is 9.29 Å². The highest BCUT2D eigenvalue weighted by Crippen LogP contribution is 2.31. The van der Waals surface area contributed by atoms with Crippen molar-refractivity contribution in [2.75, 3.05) is 18.5 Å². The summed E-state index contributed by atoms with van der Waals surface area (Å²) in [5.74, 6) is 0.203. The molecule has 1 aromatic carbocycles. The number of alkyl halides is 3. The Morgan fingerprint density at radius 3 is 2.37 bits per heavy atom. The number of pyridine rings is 1. The summed E-state index contributed by atoms with van der Waals surface area (Å²) in [6.07, 6.45) is -2.28. The zero-order valence-corrected chi connectivity index (χ0v) is 15.5. The first kappa shape index (κ1) is 20.8. The predicted octanol–water partition coefficient (Wildman–Crippen LogP) is 3.58. The second-order valence-electron chi connectivity index (χ2n) is 5.42. The van der Waals surface area contributed by atoms with Gasteiger partial charge in [0.05, 0.1) is 11.8 Å². The Labute approximate surface area is 155 Å². The second kappa shape index (κ2) is 8.49. The molecule has 6 nitrogen and oxygen atoms in total. The average molecular weight is 400 g/mol. The van der Waals surface area contributed by atoms with Crippen LogP contribution >= 0.6 is 0 Å². The number of sulfonamides is 1. The van der Waals surface area contributed by atoms with E-state index in [1.165, 1.54) is 40.8 Å². The smallest absolute Gasteiger partial charge is 0.261 e. The maximum absolute atomic E-state index is 12.9. The zero-order valence-electron chi connectivity index (χ0n) is 14.7. The van der Waals surface area contributed by atoms with E-state index in [1.54, 1.807) is 13.8 Å². The molecule has 2 aromatic rings. The fourth-order valence-corrected chi connectivity index (χ4v) is 3.75. The van der Waals surface area contributed by atoms with Crippen LogP contribution in [0.4, 0.5) is 19.0 Å². The van der Waals surface area contributed by atoms with Gasteiger partial charge in [0, 0.05) is 24.8 Å². The lowest BCUT2D eigenvalue weighted by molar-refractivity contribution is -0.137. The summed E-state index contributed by atoms with van der Waals surface area (Å²) in [4.78, 5) is 3.98. The maximum Gasteiger partial charge on any atom is 0.417 e. The average Bonchev–Trinajstić information content (AvgIpc) is 2.62. The molecular formula is C17H19F3N4O2S. The number of hydrogen-bond acceptors (Lipinski definition) is 5. The maximum atomic E-state index is 12.9. The third-order valence-corrected chi connectivity index (χ3v) is 5.76. The molecule has 10 heteroatoms. The highest BCUT2D eigenvalue weighted by molar-refractivity contribution is 7.89.